The molecule has 1 heterocycles. The van der Waals surface area contributed by atoms with E-state index < -0.39 is 23.3 Å². The van der Waals surface area contributed by atoms with Crippen molar-refractivity contribution in [3.05, 3.63) is 175 Å². The molecule has 0 spiro atoms. The molecule has 0 fully saturated rings. The maximum absolute atomic E-state index is 14.3. The van der Waals surface area contributed by atoms with Gasteiger partial charge in [-0.05, 0) is 104 Å². The number of fused-ring (bicyclic) bond motifs is 6. The molecule has 8 aromatic carbocycles. The van der Waals surface area contributed by atoms with Crippen molar-refractivity contribution in [3.8, 4) is 39.1 Å². The Morgan fingerprint density at radius 3 is 1.49 bits per heavy atom. The van der Waals surface area contributed by atoms with E-state index >= 15 is 0 Å². The largest absolute Gasteiger partial charge is 0.309 e. The first kappa shape index (κ1) is 29.0. The zero-order chi connectivity index (χ0) is 33.2. The third-order valence-corrected chi connectivity index (χ3v) is 9.38. The van der Waals surface area contributed by atoms with Crippen LogP contribution in [0.1, 0.15) is 0 Å². The number of aromatic nitrogens is 1. The van der Waals surface area contributed by atoms with Crippen LogP contribution in [0, 0.1) is 23.3 Å². The molecule has 0 aliphatic carbocycles. The molecule has 5 heteroatoms. The molecule has 9 rings (SSSR count). The van der Waals surface area contributed by atoms with E-state index in [-0.39, 0.29) is 0 Å². The molecule has 9 aromatic rings. The Balaban J connectivity index is 1.33. The molecule has 0 aliphatic rings. The second kappa shape index (κ2) is 11.2. The minimum atomic E-state index is -0.662. The zero-order valence-corrected chi connectivity index (χ0v) is 25.9. The predicted octanol–water partition coefficient (Wildman–Crippen LogP) is 12.6. The number of hydrogen-bond donors (Lipinski definition) is 0. The first-order chi connectivity index (χ1) is 23.9. The Labute approximate surface area is 278 Å². The summed E-state index contributed by atoms with van der Waals surface area (Å²) in [5.41, 5.74) is 6.88. The number of hydrogen-bond acceptors (Lipinski definition) is 0. The topological polar surface area (TPSA) is 4.93 Å². The Bertz CT molecular complexity index is 2630. The van der Waals surface area contributed by atoms with Gasteiger partial charge in [0.2, 0.25) is 0 Å². The van der Waals surface area contributed by atoms with Gasteiger partial charge < -0.3 is 4.57 Å². The Kier molecular flexibility index (Phi) is 6.63. The summed E-state index contributed by atoms with van der Waals surface area (Å²) < 4.78 is 59.4. The van der Waals surface area contributed by atoms with Gasteiger partial charge in [-0.15, -0.1) is 0 Å². The van der Waals surface area contributed by atoms with Crippen molar-refractivity contribution in [2.45, 2.75) is 0 Å². The second-order valence-corrected chi connectivity index (χ2v) is 12.3. The van der Waals surface area contributed by atoms with Crippen molar-refractivity contribution in [1.29, 1.82) is 0 Å². The van der Waals surface area contributed by atoms with E-state index in [1.807, 2.05) is 54.6 Å². The van der Waals surface area contributed by atoms with Crippen molar-refractivity contribution in [2.24, 2.45) is 0 Å². The highest BCUT2D eigenvalue weighted by Gasteiger charge is 2.19. The average Bonchev–Trinajstić information content (AvgIpc) is 3.43. The van der Waals surface area contributed by atoms with Crippen molar-refractivity contribution in [1.82, 2.24) is 4.57 Å². The number of halogens is 4. The lowest BCUT2D eigenvalue weighted by Crippen LogP contribution is -1.97. The molecular weight excluding hydrogens is 618 g/mol. The summed E-state index contributed by atoms with van der Waals surface area (Å²) >= 11 is 0. The van der Waals surface area contributed by atoms with Gasteiger partial charge in [-0.2, -0.15) is 0 Å². The lowest BCUT2D eigenvalue weighted by Gasteiger charge is -2.16. The van der Waals surface area contributed by atoms with Crippen molar-refractivity contribution in [2.75, 3.05) is 0 Å². The monoisotopic (exact) mass is 643 g/mol. The highest BCUT2D eigenvalue weighted by atomic mass is 19.1. The minimum absolute atomic E-state index is 0.409. The molecule has 234 valence electrons. The van der Waals surface area contributed by atoms with Gasteiger partial charge in [0, 0.05) is 28.5 Å². The summed E-state index contributed by atoms with van der Waals surface area (Å²) in [7, 11) is 0. The van der Waals surface area contributed by atoms with E-state index in [9.17, 15) is 17.6 Å². The summed E-state index contributed by atoms with van der Waals surface area (Å²) in [5.74, 6) is -2.65. The number of rotatable bonds is 4. The van der Waals surface area contributed by atoms with Gasteiger partial charge in [0.25, 0.3) is 0 Å². The van der Waals surface area contributed by atoms with Gasteiger partial charge in [0.1, 0.15) is 23.3 Å². The highest BCUT2D eigenvalue weighted by Crippen LogP contribution is 2.41. The fourth-order valence-electron chi connectivity index (χ4n) is 7.25. The van der Waals surface area contributed by atoms with E-state index in [1.54, 1.807) is 0 Å². The van der Waals surface area contributed by atoms with E-state index in [0.29, 0.717) is 22.3 Å². The minimum Gasteiger partial charge on any atom is -0.309 e. The van der Waals surface area contributed by atoms with Crippen molar-refractivity contribution in [3.63, 3.8) is 0 Å². The van der Waals surface area contributed by atoms with Gasteiger partial charge in [-0.3, -0.25) is 0 Å². The molecule has 1 nitrogen and oxygen atoms in total. The molecule has 0 radical (unpaired) electrons. The quantitative estimate of drug-likeness (QED) is 0.133. The molecule has 1 aromatic heterocycles. The zero-order valence-electron chi connectivity index (χ0n) is 25.9. The molecule has 0 saturated heterocycles. The van der Waals surface area contributed by atoms with Crippen LogP contribution in [-0.2, 0) is 0 Å². The second-order valence-electron chi connectivity index (χ2n) is 12.3. The Morgan fingerprint density at radius 2 is 0.857 bits per heavy atom. The van der Waals surface area contributed by atoms with Gasteiger partial charge >= 0.3 is 0 Å². The van der Waals surface area contributed by atoms with Crippen molar-refractivity contribution >= 4 is 43.4 Å². The Hall–Kier alpha value is -6.20. The van der Waals surface area contributed by atoms with Crippen LogP contribution in [0.25, 0.3) is 82.4 Å². The molecule has 0 bridgehead atoms. The standard InChI is InChI=1S/C44H25F4N/c45-31-18-29(19-32(46)24-31)27-13-16-43-40(22-27)41-23-28(30-20-33(47)25-34(48)21-30)14-17-44(41)49(43)42-11-4-3-8-39(42)37-10-5-9-36-35-7-2-1-6-26(35)12-15-38(36)37/h1-25H. The maximum Gasteiger partial charge on any atom is 0.126 e. The molecule has 0 unspecified atom stereocenters. The maximum atomic E-state index is 14.3. The smallest absolute Gasteiger partial charge is 0.126 e. The van der Waals surface area contributed by atoms with E-state index in [2.05, 4.69) is 65.2 Å². The lowest BCUT2D eigenvalue weighted by atomic mass is 9.94. The number of para-hydroxylation sites is 1. The summed E-state index contributed by atoms with van der Waals surface area (Å²) in [6.07, 6.45) is 0. The van der Waals surface area contributed by atoms with Crippen LogP contribution in [0.2, 0.25) is 0 Å². The van der Waals surface area contributed by atoms with Gasteiger partial charge in [-0.25, -0.2) is 17.6 Å². The van der Waals surface area contributed by atoms with Crippen LogP contribution in [0.15, 0.2) is 152 Å². The van der Waals surface area contributed by atoms with Crippen LogP contribution in [0.5, 0.6) is 0 Å². The molecule has 0 aliphatic heterocycles. The SMILES string of the molecule is Fc1cc(F)cc(-c2ccc3c(c2)c2cc(-c4cc(F)cc(F)c4)ccc2n3-c2ccccc2-c2cccc3c2ccc2ccccc23)c1. The summed E-state index contributed by atoms with van der Waals surface area (Å²) in [6, 6.07) is 45.7. The van der Waals surface area contributed by atoms with E-state index in [1.165, 1.54) is 35.0 Å². The van der Waals surface area contributed by atoms with Gasteiger partial charge in [0.05, 0.1) is 16.7 Å². The first-order valence-electron chi connectivity index (χ1n) is 15.9. The van der Waals surface area contributed by atoms with Crippen LogP contribution in [0.3, 0.4) is 0 Å². The van der Waals surface area contributed by atoms with E-state index in [4.69, 9.17) is 0 Å². The number of benzene rings is 8. The van der Waals surface area contributed by atoms with Crippen LogP contribution < -0.4 is 0 Å². The van der Waals surface area contributed by atoms with Gasteiger partial charge in [0.15, 0.2) is 0 Å². The normalized spacial score (nSPS) is 11.7. The molecule has 0 atom stereocenters. The fourth-order valence-corrected chi connectivity index (χ4v) is 7.25. The lowest BCUT2D eigenvalue weighted by molar-refractivity contribution is 0.583. The molecule has 49 heavy (non-hydrogen) atoms. The molecule has 0 amide bonds. The van der Waals surface area contributed by atoms with Crippen LogP contribution in [-0.4, -0.2) is 4.57 Å². The highest BCUT2D eigenvalue weighted by molar-refractivity contribution is 6.14. The van der Waals surface area contributed by atoms with Crippen LogP contribution >= 0.6 is 0 Å². The summed E-state index contributed by atoms with van der Waals surface area (Å²) in [5, 5.41) is 6.29. The van der Waals surface area contributed by atoms with E-state index in [0.717, 1.165) is 61.5 Å². The molecule has 0 N–H and O–H groups in total. The third-order valence-electron chi connectivity index (χ3n) is 9.38. The predicted molar refractivity (Wildman–Crippen MR) is 192 cm³/mol. The number of nitrogens with zero attached hydrogens (tertiary/aromatic N) is 1. The van der Waals surface area contributed by atoms with Crippen LogP contribution in [0.4, 0.5) is 17.6 Å². The average molecular weight is 644 g/mol. The Morgan fingerprint density at radius 1 is 0.327 bits per heavy atom. The molecule has 0 saturated carbocycles. The van der Waals surface area contributed by atoms with Gasteiger partial charge in [-0.1, -0.05) is 84.9 Å². The summed E-state index contributed by atoms with van der Waals surface area (Å²) in [4.78, 5) is 0. The summed E-state index contributed by atoms with van der Waals surface area (Å²) in [6.45, 7) is 0. The molecular formula is C44H25F4N. The first-order valence-corrected chi connectivity index (χ1v) is 15.9. The van der Waals surface area contributed by atoms with Crippen molar-refractivity contribution < 1.29 is 17.6 Å². The fraction of sp³-hybridized carbons (Fsp3) is 0. The third kappa shape index (κ3) is 4.85.